The summed E-state index contributed by atoms with van der Waals surface area (Å²) in [5.41, 5.74) is 1.22. The number of rotatable bonds is 5. The Morgan fingerprint density at radius 3 is 2.74 bits per heavy atom. The minimum Gasteiger partial charge on any atom is -0.340 e. The van der Waals surface area contributed by atoms with Gasteiger partial charge in [0.05, 0.1) is 18.1 Å². The highest BCUT2D eigenvalue weighted by Gasteiger charge is 2.31. The Kier molecular flexibility index (Phi) is 5.03. The summed E-state index contributed by atoms with van der Waals surface area (Å²) < 4.78 is 2.06. The lowest BCUT2D eigenvalue weighted by Crippen LogP contribution is -2.34. The van der Waals surface area contributed by atoms with Crippen LogP contribution in [0.25, 0.3) is 0 Å². The van der Waals surface area contributed by atoms with Gasteiger partial charge in [-0.2, -0.15) is 0 Å². The van der Waals surface area contributed by atoms with Crippen molar-refractivity contribution in [3.05, 3.63) is 18.2 Å². The summed E-state index contributed by atoms with van der Waals surface area (Å²) in [6.45, 7) is 8.12. The summed E-state index contributed by atoms with van der Waals surface area (Å²) in [6.07, 6.45) is 9.31. The van der Waals surface area contributed by atoms with Gasteiger partial charge >= 0.3 is 0 Å². The van der Waals surface area contributed by atoms with Crippen molar-refractivity contribution in [2.45, 2.75) is 52.5 Å². The van der Waals surface area contributed by atoms with Gasteiger partial charge in [-0.1, -0.05) is 27.2 Å². The number of aromatic nitrogens is 2. The number of nitrogens with one attached hydrogen (secondary N) is 1. The van der Waals surface area contributed by atoms with Gasteiger partial charge in [0.2, 0.25) is 0 Å². The van der Waals surface area contributed by atoms with Gasteiger partial charge in [-0.05, 0) is 43.6 Å². The van der Waals surface area contributed by atoms with Crippen LogP contribution >= 0.6 is 0 Å². The van der Waals surface area contributed by atoms with E-state index in [1.165, 1.54) is 31.4 Å². The molecule has 0 aromatic carbocycles. The van der Waals surface area contributed by atoms with Crippen LogP contribution in [-0.2, 0) is 7.05 Å². The second kappa shape index (κ2) is 6.56. The van der Waals surface area contributed by atoms with Gasteiger partial charge < -0.3 is 9.88 Å². The van der Waals surface area contributed by atoms with E-state index in [4.69, 9.17) is 0 Å². The summed E-state index contributed by atoms with van der Waals surface area (Å²) in [4.78, 5) is 4.59. The molecule has 1 aromatic rings. The molecule has 1 aliphatic carbocycles. The number of hydrogen-bond acceptors (Lipinski definition) is 2. The molecule has 1 saturated carbocycles. The predicted molar refractivity (Wildman–Crippen MR) is 79.9 cm³/mol. The SMILES string of the molecule is CCCNC(c1cn(C)cn1)C1CCC(C)C(C)C1. The molecule has 1 aliphatic rings. The van der Waals surface area contributed by atoms with Gasteiger partial charge in [0.1, 0.15) is 0 Å². The molecule has 3 heteroatoms. The van der Waals surface area contributed by atoms with Crippen LogP contribution in [0.1, 0.15) is 58.2 Å². The summed E-state index contributed by atoms with van der Waals surface area (Å²) in [5, 5.41) is 3.73. The lowest BCUT2D eigenvalue weighted by Gasteiger charge is -2.36. The fourth-order valence-electron chi connectivity index (χ4n) is 3.30. The van der Waals surface area contributed by atoms with E-state index in [-0.39, 0.29) is 0 Å². The minimum atomic E-state index is 0.441. The Balaban J connectivity index is 2.09. The summed E-state index contributed by atoms with van der Waals surface area (Å²) >= 11 is 0. The second-order valence-corrected chi connectivity index (χ2v) is 6.42. The maximum absolute atomic E-state index is 4.59. The van der Waals surface area contributed by atoms with Crippen molar-refractivity contribution in [2.75, 3.05) is 6.54 Å². The lowest BCUT2D eigenvalue weighted by atomic mass is 9.72. The third kappa shape index (κ3) is 3.59. The molecular weight excluding hydrogens is 234 g/mol. The molecule has 1 heterocycles. The van der Waals surface area contributed by atoms with Crippen molar-refractivity contribution in [1.29, 1.82) is 0 Å². The monoisotopic (exact) mass is 263 g/mol. The van der Waals surface area contributed by atoms with E-state index in [0.29, 0.717) is 6.04 Å². The summed E-state index contributed by atoms with van der Waals surface area (Å²) in [7, 11) is 2.05. The maximum atomic E-state index is 4.59. The second-order valence-electron chi connectivity index (χ2n) is 6.42. The van der Waals surface area contributed by atoms with Crippen LogP contribution in [-0.4, -0.2) is 16.1 Å². The Bertz CT molecular complexity index is 385. The first kappa shape index (κ1) is 14.6. The van der Waals surface area contributed by atoms with Crippen LogP contribution in [0.15, 0.2) is 12.5 Å². The molecule has 1 fully saturated rings. The zero-order valence-corrected chi connectivity index (χ0v) is 12.9. The van der Waals surface area contributed by atoms with Crippen LogP contribution in [0.4, 0.5) is 0 Å². The molecule has 4 unspecified atom stereocenters. The molecule has 0 spiro atoms. The molecule has 1 N–H and O–H groups in total. The topological polar surface area (TPSA) is 29.9 Å². The summed E-state index contributed by atoms with van der Waals surface area (Å²) in [6, 6.07) is 0.441. The zero-order chi connectivity index (χ0) is 13.8. The van der Waals surface area contributed by atoms with Crippen molar-refractivity contribution < 1.29 is 0 Å². The molecule has 108 valence electrons. The molecule has 3 nitrogen and oxygen atoms in total. The van der Waals surface area contributed by atoms with Crippen LogP contribution in [0.2, 0.25) is 0 Å². The molecule has 0 radical (unpaired) electrons. The molecule has 2 rings (SSSR count). The number of nitrogens with zero attached hydrogens (tertiary/aromatic N) is 2. The van der Waals surface area contributed by atoms with E-state index < -0.39 is 0 Å². The van der Waals surface area contributed by atoms with Crippen LogP contribution in [0, 0.1) is 17.8 Å². The Morgan fingerprint density at radius 1 is 1.37 bits per heavy atom. The predicted octanol–water partition coefficient (Wildman–Crippen LogP) is 3.53. The smallest absolute Gasteiger partial charge is 0.0947 e. The molecule has 19 heavy (non-hydrogen) atoms. The first-order valence-electron chi connectivity index (χ1n) is 7.83. The molecule has 0 aliphatic heterocycles. The maximum Gasteiger partial charge on any atom is 0.0947 e. The van der Waals surface area contributed by atoms with Gasteiger partial charge in [-0.15, -0.1) is 0 Å². The number of aryl methyl sites for hydroxylation is 1. The molecular formula is C16H29N3. The van der Waals surface area contributed by atoms with Gasteiger partial charge in [-0.25, -0.2) is 4.98 Å². The van der Waals surface area contributed by atoms with E-state index in [9.17, 15) is 0 Å². The largest absolute Gasteiger partial charge is 0.340 e. The number of imidazole rings is 1. The molecule has 0 bridgehead atoms. The van der Waals surface area contributed by atoms with Crippen LogP contribution < -0.4 is 5.32 Å². The third-order valence-corrected chi connectivity index (χ3v) is 4.77. The van der Waals surface area contributed by atoms with E-state index in [0.717, 1.165) is 24.3 Å². The van der Waals surface area contributed by atoms with Crippen molar-refractivity contribution in [1.82, 2.24) is 14.9 Å². The molecule has 1 aromatic heterocycles. The molecule has 0 amide bonds. The zero-order valence-electron chi connectivity index (χ0n) is 12.9. The van der Waals surface area contributed by atoms with E-state index in [1.54, 1.807) is 0 Å². The normalized spacial score (nSPS) is 29.4. The molecule has 4 atom stereocenters. The average molecular weight is 263 g/mol. The van der Waals surface area contributed by atoms with E-state index >= 15 is 0 Å². The third-order valence-electron chi connectivity index (χ3n) is 4.77. The first-order chi connectivity index (χ1) is 9.11. The van der Waals surface area contributed by atoms with Crippen molar-refractivity contribution in [3.63, 3.8) is 0 Å². The fourth-order valence-corrected chi connectivity index (χ4v) is 3.30. The Labute approximate surface area is 117 Å². The standard InChI is InChI=1S/C16H29N3/c1-5-8-17-16(15-10-19(4)11-18-15)14-7-6-12(2)13(3)9-14/h10-14,16-17H,5-9H2,1-4H3. The van der Waals surface area contributed by atoms with Gasteiger partial charge in [0, 0.05) is 13.2 Å². The highest BCUT2D eigenvalue weighted by Crippen LogP contribution is 2.39. The van der Waals surface area contributed by atoms with Crippen molar-refractivity contribution in [3.8, 4) is 0 Å². The van der Waals surface area contributed by atoms with Crippen molar-refractivity contribution >= 4 is 0 Å². The number of hydrogen-bond donors (Lipinski definition) is 1. The first-order valence-corrected chi connectivity index (χ1v) is 7.83. The highest BCUT2D eigenvalue weighted by molar-refractivity contribution is 5.06. The highest BCUT2D eigenvalue weighted by atomic mass is 15.0. The quantitative estimate of drug-likeness (QED) is 0.880. The Hall–Kier alpha value is -0.830. The molecule has 0 saturated heterocycles. The van der Waals surface area contributed by atoms with E-state index in [2.05, 4.69) is 48.9 Å². The van der Waals surface area contributed by atoms with Crippen LogP contribution in [0.5, 0.6) is 0 Å². The van der Waals surface area contributed by atoms with Gasteiger partial charge in [-0.3, -0.25) is 0 Å². The van der Waals surface area contributed by atoms with Gasteiger partial charge in [0.25, 0.3) is 0 Å². The summed E-state index contributed by atoms with van der Waals surface area (Å²) in [5.74, 6) is 2.47. The van der Waals surface area contributed by atoms with Gasteiger partial charge in [0.15, 0.2) is 0 Å². The fraction of sp³-hybridized carbons (Fsp3) is 0.812. The lowest BCUT2D eigenvalue weighted by molar-refractivity contribution is 0.169. The van der Waals surface area contributed by atoms with Crippen molar-refractivity contribution in [2.24, 2.45) is 24.8 Å². The minimum absolute atomic E-state index is 0.441. The van der Waals surface area contributed by atoms with E-state index in [1.807, 2.05) is 6.33 Å². The Morgan fingerprint density at radius 2 is 2.16 bits per heavy atom. The van der Waals surface area contributed by atoms with Crippen LogP contribution in [0.3, 0.4) is 0 Å². The average Bonchev–Trinajstić information content (AvgIpc) is 2.80.